The van der Waals surface area contributed by atoms with Gasteiger partial charge in [0.15, 0.2) is 0 Å². The fourth-order valence-electron chi connectivity index (χ4n) is 1.88. The Morgan fingerprint density at radius 1 is 1.21 bits per heavy atom. The van der Waals surface area contributed by atoms with Gasteiger partial charge in [-0.1, -0.05) is 27.7 Å². The molecule has 0 radical (unpaired) electrons. The predicted molar refractivity (Wildman–Crippen MR) is 79.7 cm³/mol. The van der Waals surface area contributed by atoms with Crippen molar-refractivity contribution in [3.8, 4) is 0 Å². The summed E-state index contributed by atoms with van der Waals surface area (Å²) in [6, 6.07) is 1.88. The molecule has 0 fully saturated rings. The highest BCUT2D eigenvalue weighted by Gasteiger charge is 2.25. The molecule has 3 N–H and O–H groups in total. The number of anilines is 2. The van der Waals surface area contributed by atoms with Gasteiger partial charge in [0.25, 0.3) is 0 Å². The zero-order valence-corrected chi connectivity index (χ0v) is 12.6. The van der Waals surface area contributed by atoms with Gasteiger partial charge in [-0.05, 0) is 12.8 Å². The second kappa shape index (κ2) is 6.70. The van der Waals surface area contributed by atoms with Crippen molar-refractivity contribution in [1.29, 1.82) is 0 Å². The van der Waals surface area contributed by atoms with Crippen molar-refractivity contribution in [3.05, 3.63) is 11.9 Å². The molecule has 0 aromatic carbocycles. The summed E-state index contributed by atoms with van der Waals surface area (Å²) in [5.74, 6) is 2.62. The number of nitrogens with zero attached hydrogens (tertiary/aromatic N) is 2. The van der Waals surface area contributed by atoms with Crippen LogP contribution in [0.5, 0.6) is 0 Å². The maximum absolute atomic E-state index is 9.62. The Morgan fingerprint density at radius 3 is 2.21 bits per heavy atom. The molecule has 0 aliphatic heterocycles. The highest BCUT2D eigenvalue weighted by Crippen LogP contribution is 2.23. The van der Waals surface area contributed by atoms with Crippen LogP contribution in [0, 0.1) is 0 Å². The lowest BCUT2D eigenvalue weighted by atomic mass is 9.94. The van der Waals surface area contributed by atoms with Gasteiger partial charge >= 0.3 is 0 Å². The van der Waals surface area contributed by atoms with Crippen molar-refractivity contribution < 1.29 is 5.11 Å². The summed E-state index contributed by atoms with van der Waals surface area (Å²) >= 11 is 0. The van der Waals surface area contributed by atoms with Crippen LogP contribution in [-0.4, -0.2) is 34.3 Å². The molecule has 0 unspecified atom stereocenters. The lowest BCUT2D eigenvalue weighted by Gasteiger charge is -2.31. The number of hydrogen-bond donors (Lipinski definition) is 3. The minimum Gasteiger partial charge on any atom is -0.394 e. The summed E-state index contributed by atoms with van der Waals surface area (Å²) < 4.78 is 0. The van der Waals surface area contributed by atoms with E-state index in [1.165, 1.54) is 0 Å². The molecule has 19 heavy (non-hydrogen) atoms. The SMILES string of the molecule is CCC(CC)(CO)Nc1cc(NC)nc(C(C)C)n1. The van der Waals surface area contributed by atoms with Gasteiger partial charge in [0.1, 0.15) is 17.5 Å². The summed E-state index contributed by atoms with van der Waals surface area (Å²) in [5, 5.41) is 16.0. The van der Waals surface area contributed by atoms with Crippen LogP contribution >= 0.6 is 0 Å². The van der Waals surface area contributed by atoms with Crippen molar-refractivity contribution in [2.45, 2.75) is 52.0 Å². The predicted octanol–water partition coefficient (Wildman–Crippen LogP) is 2.60. The van der Waals surface area contributed by atoms with Gasteiger partial charge in [0.2, 0.25) is 0 Å². The Kier molecular flexibility index (Phi) is 5.54. The van der Waals surface area contributed by atoms with Gasteiger partial charge in [-0.15, -0.1) is 0 Å². The molecule has 5 heteroatoms. The van der Waals surface area contributed by atoms with Crippen LogP contribution in [-0.2, 0) is 0 Å². The first-order valence-corrected chi connectivity index (χ1v) is 6.96. The van der Waals surface area contributed by atoms with Crippen molar-refractivity contribution in [2.24, 2.45) is 0 Å². The Balaban J connectivity index is 3.08. The van der Waals surface area contributed by atoms with E-state index in [0.29, 0.717) is 0 Å². The van der Waals surface area contributed by atoms with Crippen LogP contribution < -0.4 is 10.6 Å². The van der Waals surface area contributed by atoms with E-state index in [2.05, 4.69) is 48.3 Å². The molecule has 1 aromatic heterocycles. The first-order valence-electron chi connectivity index (χ1n) is 6.96. The first kappa shape index (κ1) is 15.7. The molecule has 0 spiro atoms. The fraction of sp³-hybridized carbons (Fsp3) is 0.714. The Bertz CT molecular complexity index is 394. The molecule has 1 rings (SSSR count). The van der Waals surface area contributed by atoms with Gasteiger partial charge in [-0.25, -0.2) is 9.97 Å². The largest absolute Gasteiger partial charge is 0.394 e. The summed E-state index contributed by atoms with van der Waals surface area (Å²) in [6.45, 7) is 8.36. The van der Waals surface area contributed by atoms with Gasteiger partial charge in [-0.3, -0.25) is 0 Å². The molecular formula is C14H26N4O. The number of aliphatic hydroxyl groups is 1. The van der Waals surface area contributed by atoms with E-state index < -0.39 is 0 Å². The average Bonchev–Trinajstić information content (AvgIpc) is 2.44. The molecule has 0 atom stereocenters. The summed E-state index contributed by atoms with van der Waals surface area (Å²) in [5.41, 5.74) is -0.312. The quantitative estimate of drug-likeness (QED) is 0.707. The number of aromatic nitrogens is 2. The van der Waals surface area contributed by atoms with Crippen LogP contribution in [0.15, 0.2) is 6.07 Å². The minimum atomic E-state index is -0.312. The highest BCUT2D eigenvalue weighted by atomic mass is 16.3. The Morgan fingerprint density at radius 2 is 1.79 bits per heavy atom. The zero-order chi connectivity index (χ0) is 14.5. The van der Waals surface area contributed by atoms with Gasteiger partial charge in [-0.2, -0.15) is 0 Å². The van der Waals surface area contributed by atoms with E-state index >= 15 is 0 Å². The van der Waals surface area contributed by atoms with Crippen LogP contribution in [0.1, 0.15) is 52.3 Å². The van der Waals surface area contributed by atoms with Gasteiger partial charge in [0, 0.05) is 19.0 Å². The van der Waals surface area contributed by atoms with Crippen LogP contribution in [0.4, 0.5) is 11.6 Å². The average molecular weight is 266 g/mol. The number of hydrogen-bond acceptors (Lipinski definition) is 5. The van der Waals surface area contributed by atoms with Crippen molar-refractivity contribution in [2.75, 3.05) is 24.3 Å². The molecule has 5 nitrogen and oxygen atoms in total. The summed E-state index contributed by atoms with van der Waals surface area (Å²) in [4.78, 5) is 8.97. The highest BCUT2D eigenvalue weighted by molar-refractivity contribution is 5.49. The maximum atomic E-state index is 9.62. The molecule has 0 aliphatic carbocycles. The minimum absolute atomic E-state index is 0.0932. The third-order valence-corrected chi connectivity index (χ3v) is 3.57. The van der Waals surface area contributed by atoms with E-state index in [-0.39, 0.29) is 18.1 Å². The standard InChI is InChI=1S/C14H26N4O/c1-6-14(7-2,9-19)18-12-8-11(15-5)16-13(17-12)10(3)4/h8,10,19H,6-7,9H2,1-5H3,(H2,15,16,17,18). The monoisotopic (exact) mass is 266 g/mol. The van der Waals surface area contributed by atoms with Crippen molar-refractivity contribution in [1.82, 2.24) is 9.97 Å². The van der Waals surface area contributed by atoms with E-state index in [4.69, 9.17) is 0 Å². The van der Waals surface area contributed by atoms with Crippen LogP contribution in [0.2, 0.25) is 0 Å². The molecule has 0 saturated heterocycles. The molecule has 1 aromatic rings. The number of rotatable bonds is 7. The van der Waals surface area contributed by atoms with Gasteiger partial charge in [0.05, 0.1) is 12.1 Å². The second-order valence-electron chi connectivity index (χ2n) is 5.17. The molecule has 1 heterocycles. The third-order valence-electron chi connectivity index (χ3n) is 3.57. The van der Waals surface area contributed by atoms with Crippen molar-refractivity contribution in [3.63, 3.8) is 0 Å². The first-order chi connectivity index (χ1) is 9.00. The smallest absolute Gasteiger partial charge is 0.135 e. The normalized spacial score (nSPS) is 11.7. The lowest BCUT2D eigenvalue weighted by molar-refractivity contribution is 0.202. The molecule has 0 saturated carbocycles. The molecule has 0 bridgehead atoms. The summed E-state index contributed by atoms with van der Waals surface area (Å²) in [6.07, 6.45) is 1.69. The summed E-state index contributed by atoms with van der Waals surface area (Å²) in [7, 11) is 1.84. The molecule has 108 valence electrons. The topological polar surface area (TPSA) is 70.1 Å². The zero-order valence-electron chi connectivity index (χ0n) is 12.6. The van der Waals surface area contributed by atoms with Crippen molar-refractivity contribution >= 4 is 11.6 Å². The molecule has 0 amide bonds. The molecule has 0 aliphatic rings. The lowest BCUT2D eigenvalue weighted by Crippen LogP contribution is -2.41. The maximum Gasteiger partial charge on any atom is 0.135 e. The second-order valence-corrected chi connectivity index (χ2v) is 5.17. The Hall–Kier alpha value is -1.36. The van der Waals surface area contributed by atoms with Gasteiger partial charge < -0.3 is 15.7 Å². The molecular weight excluding hydrogens is 240 g/mol. The number of nitrogens with one attached hydrogen (secondary N) is 2. The Labute approximate surface area is 115 Å². The van der Waals surface area contributed by atoms with E-state index in [1.807, 2.05) is 13.1 Å². The van der Waals surface area contributed by atoms with E-state index in [0.717, 1.165) is 30.3 Å². The number of aliphatic hydroxyl groups excluding tert-OH is 1. The van der Waals surface area contributed by atoms with Crippen LogP contribution in [0.3, 0.4) is 0 Å². The van der Waals surface area contributed by atoms with E-state index in [9.17, 15) is 5.11 Å². The van der Waals surface area contributed by atoms with E-state index in [1.54, 1.807) is 0 Å². The van der Waals surface area contributed by atoms with Crippen LogP contribution in [0.25, 0.3) is 0 Å². The third kappa shape index (κ3) is 3.80. The fourth-order valence-corrected chi connectivity index (χ4v) is 1.88.